The molecular formula is C26H22ClF2N3O4S. The maximum atomic E-state index is 13.5. The number of nitrogens with one attached hydrogen (secondary N) is 1. The molecule has 1 aromatic heterocycles. The average Bonchev–Trinajstić information content (AvgIpc) is 3.21. The number of likely N-dealkylation sites (tertiary alicyclic amines) is 1. The van der Waals surface area contributed by atoms with Gasteiger partial charge in [-0.3, -0.25) is 14.4 Å². The molecular weight excluding hydrogens is 524 g/mol. The van der Waals surface area contributed by atoms with E-state index in [0.717, 1.165) is 20.9 Å². The lowest BCUT2D eigenvalue weighted by Gasteiger charge is -2.38. The van der Waals surface area contributed by atoms with Gasteiger partial charge in [0.1, 0.15) is 5.75 Å². The highest BCUT2D eigenvalue weighted by molar-refractivity contribution is 7.17. The fourth-order valence-corrected chi connectivity index (χ4v) is 5.81. The summed E-state index contributed by atoms with van der Waals surface area (Å²) in [5.41, 5.74) is 2.69. The summed E-state index contributed by atoms with van der Waals surface area (Å²) in [5.74, 6) is -3.40. The molecule has 2 aromatic carbocycles. The van der Waals surface area contributed by atoms with Crippen molar-refractivity contribution < 1.29 is 27.9 Å². The first kappa shape index (κ1) is 25.2. The fraction of sp³-hybridized carbons (Fsp3) is 0.269. The maximum absolute atomic E-state index is 13.5. The van der Waals surface area contributed by atoms with Crippen LogP contribution in [0, 0.1) is 0 Å². The number of rotatable bonds is 4. The van der Waals surface area contributed by atoms with Crippen molar-refractivity contribution in [2.24, 2.45) is 0 Å². The zero-order valence-corrected chi connectivity index (χ0v) is 21.5. The smallest absolute Gasteiger partial charge is 0.282 e. The van der Waals surface area contributed by atoms with Crippen molar-refractivity contribution in [3.63, 3.8) is 0 Å². The van der Waals surface area contributed by atoms with Crippen molar-refractivity contribution >= 4 is 46.3 Å². The number of alkyl halides is 2. The lowest BCUT2D eigenvalue weighted by molar-refractivity contribution is -0.113. The Hall–Kier alpha value is -3.50. The third kappa shape index (κ3) is 4.67. The first-order valence-corrected chi connectivity index (χ1v) is 12.6. The number of anilines is 1. The second-order valence-electron chi connectivity index (χ2n) is 8.90. The lowest BCUT2D eigenvalue weighted by atomic mass is 10.0. The molecule has 0 bridgehead atoms. The van der Waals surface area contributed by atoms with Gasteiger partial charge in [-0.1, -0.05) is 11.6 Å². The van der Waals surface area contributed by atoms with Gasteiger partial charge < -0.3 is 19.9 Å². The van der Waals surface area contributed by atoms with E-state index < -0.39 is 24.9 Å². The largest absolute Gasteiger partial charge is 0.493 e. The van der Waals surface area contributed by atoms with Crippen LogP contribution in [0.5, 0.6) is 5.75 Å². The van der Waals surface area contributed by atoms with Gasteiger partial charge in [-0.2, -0.15) is 0 Å². The summed E-state index contributed by atoms with van der Waals surface area (Å²) >= 11 is 7.66. The van der Waals surface area contributed by atoms with E-state index in [1.165, 1.54) is 34.4 Å². The molecule has 11 heteroatoms. The van der Waals surface area contributed by atoms with E-state index in [-0.39, 0.29) is 22.4 Å². The Bertz CT molecular complexity index is 1430. The minimum Gasteiger partial charge on any atom is -0.493 e. The van der Waals surface area contributed by atoms with Crippen LogP contribution in [0.3, 0.4) is 0 Å². The number of benzene rings is 2. The zero-order valence-electron chi connectivity index (χ0n) is 19.9. The van der Waals surface area contributed by atoms with Crippen molar-refractivity contribution in [2.75, 3.05) is 38.7 Å². The summed E-state index contributed by atoms with van der Waals surface area (Å²) in [6.07, 6.45) is 0.581. The molecule has 0 spiro atoms. The molecule has 0 radical (unpaired) electrons. The monoisotopic (exact) mass is 545 g/mol. The molecule has 1 fully saturated rings. The minimum absolute atomic E-state index is 0.175. The number of thiophene rings is 1. The molecule has 3 aromatic rings. The molecule has 0 saturated carbocycles. The van der Waals surface area contributed by atoms with Gasteiger partial charge >= 0.3 is 0 Å². The Morgan fingerprint density at radius 2 is 1.84 bits per heavy atom. The van der Waals surface area contributed by atoms with Crippen LogP contribution in [0.2, 0.25) is 5.02 Å². The molecule has 5 rings (SSSR count). The molecule has 3 amide bonds. The Kier molecular flexibility index (Phi) is 6.41. The predicted molar refractivity (Wildman–Crippen MR) is 137 cm³/mol. The number of ether oxygens (including phenoxy) is 1. The van der Waals surface area contributed by atoms with E-state index in [4.69, 9.17) is 16.3 Å². The van der Waals surface area contributed by atoms with Gasteiger partial charge in [0.15, 0.2) is 0 Å². The van der Waals surface area contributed by atoms with Crippen LogP contribution in [0.15, 0.2) is 42.5 Å². The van der Waals surface area contributed by atoms with Gasteiger partial charge in [0.25, 0.3) is 23.6 Å². The minimum atomic E-state index is -2.87. The fourth-order valence-electron chi connectivity index (χ4n) is 4.35. The Balaban J connectivity index is 1.42. The van der Waals surface area contributed by atoms with E-state index in [9.17, 15) is 23.2 Å². The summed E-state index contributed by atoms with van der Waals surface area (Å²) in [4.78, 5) is 41.9. The molecule has 2 aliphatic rings. The van der Waals surface area contributed by atoms with Crippen molar-refractivity contribution in [2.45, 2.75) is 12.3 Å². The zero-order chi connectivity index (χ0) is 26.5. The molecule has 0 unspecified atom stereocenters. The second kappa shape index (κ2) is 9.42. The number of hydrogen-bond donors (Lipinski definition) is 1. The predicted octanol–water partition coefficient (Wildman–Crippen LogP) is 4.73. The first-order chi connectivity index (χ1) is 17.6. The number of carbonyl (C=O) groups is 3. The summed E-state index contributed by atoms with van der Waals surface area (Å²) < 4.78 is 32.3. The Morgan fingerprint density at radius 3 is 2.54 bits per heavy atom. The normalized spacial score (nSPS) is 15.4. The van der Waals surface area contributed by atoms with Crippen LogP contribution >= 0.6 is 22.9 Å². The van der Waals surface area contributed by atoms with Gasteiger partial charge in [0.05, 0.1) is 35.3 Å². The van der Waals surface area contributed by atoms with Crippen LogP contribution in [0.1, 0.15) is 36.0 Å². The number of amides is 3. The lowest BCUT2D eigenvalue weighted by Crippen LogP contribution is -2.58. The highest BCUT2D eigenvalue weighted by Crippen LogP contribution is 2.42. The van der Waals surface area contributed by atoms with Crippen LogP contribution < -0.4 is 15.0 Å². The molecule has 1 saturated heterocycles. The third-order valence-electron chi connectivity index (χ3n) is 6.35. The maximum Gasteiger partial charge on any atom is 0.282 e. The highest BCUT2D eigenvalue weighted by atomic mass is 35.5. The third-order valence-corrected chi connectivity index (χ3v) is 7.87. The van der Waals surface area contributed by atoms with Crippen LogP contribution in [0.4, 0.5) is 14.5 Å². The van der Waals surface area contributed by atoms with Crippen LogP contribution in [-0.2, 0) is 6.42 Å². The van der Waals surface area contributed by atoms with E-state index in [2.05, 4.69) is 5.32 Å². The van der Waals surface area contributed by atoms with E-state index in [1.54, 1.807) is 26.2 Å². The molecule has 2 aliphatic heterocycles. The molecule has 0 aliphatic carbocycles. The van der Waals surface area contributed by atoms with Gasteiger partial charge in [-0.05, 0) is 48.0 Å². The molecule has 192 valence electrons. The molecule has 37 heavy (non-hydrogen) atoms. The van der Waals surface area contributed by atoms with Crippen LogP contribution in [0.25, 0.3) is 10.4 Å². The van der Waals surface area contributed by atoms with E-state index in [1.807, 2.05) is 12.1 Å². The summed E-state index contributed by atoms with van der Waals surface area (Å²) in [6, 6.07) is 11.4. The summed E-state index contributed by atoms with van der Waals surface area (Å²) in [5, 5.41) is 2.84. The standard InChI is InChI=1S/C26H22ClF2N3O4S/c1-30-23(33)15-3-5-17-20(10-15)36-8-7-14-11-21(37-22(14)17)25(35)31(2)19-9-16(4-6-18(19)27)24(34)32-12-26(28,29)13-32/h3-6,9-11H,7-8,12-13H2,1-2H3,(H,30,33). The number of halogens is 3. The molecule has 0 atom stereocenters. The Labute approximate surface area is 220 Å². The topological polar surface area (TPSA) is 79.0 Å². The average molecular weight is 546 g/mol. The van der Waals surface area contributed by atoms with Crippen molar-refractivity contribution in [1.29, 1.82) is 0 Å². The van der Waals surface area contributed by atoms with Crippen LogP contribution in [-0.4, -0.2) is 62.3 Å². The van der Waals surface area contributed by atoms with Gasteiger partial charge in [0.2, 0.25) is 0 Å². The SMILES string of the molecule is CNC(=O)c1ccc2c(c1)OCCc1cc(C(=O)N(C)c3cc(C(=O)N4CC(F)(F)C4)ccc3Cl)sc1-2. The number of fused-ring (bicyclic) bond motifs is 3. The summed E-state index contributed by atoms with van der Waals surface area (Å²) in [6.45, 7) is -0.868. The second-order valence-corrected chi connectivity index (χ2v) is 10.4. The first-order valence-electron chi connectivity index (χ1n) is 11.4. The highest BCUT2D eigenvalue weighted by Gasteiger charge is 2.46. The number of carbonyl (C=O) groups excluding carboxylic acids is 3. The molecule has 1 N–H and O–H groups in total. The van der Waals surface area contributed by atoms with Crippen molar-refractivity contribution in [3.05, 3.63) is 69.1 Å². The molecule has 7 nitrogen and oxygen atoms in total. The van der Waals surface area contributed by atoms with E-state index in [0.29, 0.717) is 34.9 Å². The number of nitrogens with zero attached hydrogens (tertiary/aromatic N) is 2. The number of hydrogen-bond acceptors (Lipinski definition) is 5. The Morgan fingerprint density at radius 1 is 1.11 bits per heavy atom. The van der Waals surface area contributed by atoms with Gasteiger partial charge in [-0.25, -0.2) is 8.78 Å². The quantitative estimate of drug-likeness (QED) is 0.514. The summed E-state index contributed by atoms with van der Waals surface area (Å²) in [7, 11) is 3.11. The van der Waals surface area contributed by atoms with Gasteiger partial charge in [0, 0.05) is 42.1 Å². The molecule has 3 heterocycles. The van der Waals surface area contributed by atoms with Crippen molar-refractivity contribution in [1.82, 2.24) is 10.2 Å². The van der Waals surface area contributed by atoms with Crippen molar-refractivity contribution in [3.8, 4) is 16.2 Å². The van der Waals surface area contributed by atoms with Gasteiger partial charge in [-0.15, -0.1) is 11.3 Å². The van der Waals surface area contributed by atoms with E-state index >= 15 is 0 Å².